The molecule has 0 saturated carbocycles. The third kappa shape index (κ3) is 3.28. The first kappa shape index (κ1) is 9.78. The predicted molar refractivity (Wildman–Crippen MR) is 52.3 cm³/mol. The Morgan fingerprint density at radius 2 is 2.23 bits per heavy atom. The zero-order valence-electron chi connectivity index (χ0n) is 8.08. The minimum Gasteiger partial charge on any atom is -0.349 e. The van der Waals surface area contributed by atoms with Crippen LogP contribution in [0.3, 0.4) is 0 Å². The van der Waals surface area contributed by atoms with E-state index in [1.54, 1.807) is 19.0 Å². The highest BCUT2D eigenvalue weighted by atomic mass is 16.2. The summed E-state index contributed by atoms with van der Waals surface area (Å²) in [6.45, 7) is 0. The monoisotopic (exact) mass is 176 g/mol. The Morgan fingerprint density at radius 1 is 1.46 bits per heavy atom. The van der Waals surface area contributed by atoms with Crippen molar-refractivity contribution >= 4 is 5.91 Å². The number of carbonyl (C=O) groups excluding carboxylic acids is 1. The molecule has 1 aromatic carbocycles. The van der Waals surface area contributed by atoms with Gasteiger partial charge in [0.2, 0.25) is 5.91 Å². The second-order valence-electron chi connectivity index (χ2n) is 3.18. The number of hydrogen-bond donors (Lipinski definition) is 0. The molecule has 0 aromatic heterocycles. The van der Waals surface area contributed by atoms with Crippen molar-refractivity contribution in [1.29, 1.82) is 0 Å². The number of carbonyl (C=O) groups is 1. The molecule has 0 aliphatic rings. The highest BCUT2D eigenvalue weighted by Gasteiger charge is 2.03. The van der Waals surface area contributed by atoms with Crippen molar-refractivity contribution in [2.24, 2.45) is 0 Å². The molecule has 69 valence electrons. The number of nitrogens with zero attached hydrogens (tertiary/aromatic N) is 1. The Kier molecular flexibility index (Phi) is 3.50. The molecule has 0 heterocycles. The molecular formula is C11H14NO. The summed E-state index contributed by atoms with van der Waals surface area (Å²) >= 11 is 0. The summed E-state index contributed by atoms with van der Waals surface area (Å²) in [4.78, 5) is 12.8. The normalized spacial score (nSPS) is 9.69. The van der Waals surface area contributed by atoms with Gasteiger partial charge < -0.3 is 4.90 Å². The molecule has 0 aliphatic carbocycles. The van der Waals surface area contributed by atoms with Gasteiger partial charge in [-0.05, 0) is 18.1 Å². The first-order valence-corrected chi connectivity index (χ1v) is 4.36. The minimum atomic E-state index is 0.164. The van der Waals surface area contributed by atoms with Crippen LogP contribution in [0, 0.1) is 6.07 Å². The van der Waals surface area contributed by atoms with Crippen molar-refractivity contribution in [3.63, 3.8) is 0 Å². The van der Waals surface area contributed by atoms with Crippen LogP contribution < -0.4 is 0 Å². The number of benzene rings is 1. The van der Waals surface area contributed by atoms with E-state index in [0.29, 0.717) is 6.42 Å². The molecule has 0 spiro atoms. The lowest BCUT2D eigenvalue weighted by Gasteiger charge is -2.09. The molecule has 1 radical (unpaired) electrons. The molecule has 2 nitrogen and oxygen atoms in total. The molecule has 1 rings (SSSR count). The third-order valence-corrected chi connectivity index (χ3v) is 1.88. The lowest BCUT2D eigenvalue weighted by Crippen LogP contribution is -2.21. The molecule has 0 bridgehead atoms. The van der Waals surface area contributed by atoms with Gasteiger partial charge in [-0.3, -0.25) is 4.79 Å². The lowest BCUT2D eigenvalue weighted by atomic mass is 10.1. The van der Waals surface area contributed by atoms with Gasteiger partial charge in [-0.1, -0.05) is 24.3 Å². The summed E-state index contributed by atoms with van der Waals surface area (Å²) in [6.07, 6.45) is 1.34. The second-order valence-corrected chi connectivity index (χ2v) is 3.18. The average Bonchev–Trinajstić information content (AvgIpc) is 2.15. The largest absolute Gasteiger partial charge is 0.349 e. The maximum absolute atomic E-state index is 11.2. The highest BCUT2D eigenvalue weighted by Crippen LogP contribution is 2.02. The van der Waals surface area contributed by atoms with Crippen molar-refractivity contribution in [3.05, 3.63) is 35.9 Å². The van der Waals surface area contributed by atoms with Crippen LogP contribution >= 0.6 is 0 Å². The maximum Gasteiger partial charge on any atom is 0.222 e. The summed E-state index contributed by atoms with van der Waals surface area (Å²) < 4.78 is 0. The zero-order valence-corrected chi connectivity index (χ0v) is 8.08. The molecule has 0 fully saturated rings. The Balaban J connectivity index is 2.40. The van der Waals surface area contributed by atoms with Crippen LogP contribution in [0.15, 0.2) is 24.3 Å². The molecule has 0 atom stereocenters. The highest BCUT2D eigenvalue weighted by molar-refractivity contribution is 5.75. The van der Waals surface area contributed by atoms with Crippen molar-refractivity contribution in [1.82, 2.24) is 4.90 Å². The molecule has 0 saturated heterocycles. The van der Waals surface area contributed by atoms with Crippen molar-refractivity contribution in [2.45, 2.75) is 12.8 Å². The molecule has 2 heteroatoms. The number of rotatable bonds is 3. The van der Waals surface area contributed by atoms with Gasteiger partial charge in [0.15, 0.2) is 0 Å². The quantitative estimate of drug-likeness (QED) is 0.683. The fourth-order valence-corrected chi connectivity index (χ4v) is 1.05. The summed E-state index contributed by atoms with van der Waals surface area (Å²) in [5, 5.41) is 0. The Labute approximate surface area is 79.2 Å². The van der Waals surface area contributed by atoms with Gasteiger partial charge in [0.1, 0.15) is 0 Å². The predicted octanol–water partition coefficient (Wildman–Crippen LogP) is 1.51. The molecule has 0 N–H and O–H groups in total. The molecule has 1 aromatic rings. The van der Waals surface area contributed by atoms with Crippen LogP contribution in [0.4, 0.5) is 0 Å². The van der Waals surface area contributed by atoms with Crippen molar-refractivity contribution < 1.29 is 4.79 Å². The number of amides is 1. The Hall–Kier alpha value is -1.31. The fraction of sp³-hybridized carbons (Fsp3) is 0.364. The zero-order chi connectivity index (χ0) is 9.68. The third-order valence-electron chi connectivity index (χ3n) is 1.88. The van der Waals surface area contributed by atoms with Crippen LogP contribution in [-0.4, -0.2) is 24.9 Å². The van der Waals surface area contributed by atoms with Crippen LogP contribution in [0.5, 0.6) is 0 Å². The van der Waals surface area contributed by atoms with Crippen LogP contribution in [0.2, 0.25) is 0 Å². The van der Waals surface area contributed by atoms with E-state index < -0.39 is 0 Å². The first-order valence-electron chi connectivity index (χ1n) is 4.36. The minimum absolute atomic E-state index is 0.164. The smallest absolute Gasteiger partial charge is 0.222 e. The van der Waals surface area contributed by atoms with E-state index in [4.69, 9.17) is 0 Å². The standard InChI is InChI=1S/C11H14NO/c1-12(2)11(13)9-8-10-6-4-3-5-7-10/h3-6H,8-9H2,1-2H3. The van der Waals surface area contributed by atoms with Gasteiger partial charge >= 0.3 is 0 Å². The van der Waals surface area contributed by atoms with Gasteiger partial charge in [-0.15, -0.1) is 0 Å². The molecular weight excluding hydrogens is 162 g/mol. The molecule has 13 heavy (non-hydrogen) atoms. The summed E-state index contributed by atoms with van der Waals surface area (Å²) in [7, 11) is 3.55. The summed E-state index contributed by atoms with van der Waals surface area (Å²) in [5.74, 6) is 0.164. The molecule has 1 amide bonds. The fourth-order valence-electron chi connectivity index (χ4n) is 1.05. The van der Waals surface area contributed by atoms with Gasteiger partial charge in [0.25, 0.3) is 0 Å². The van der Waals surface area contributed by atoms with E-state index >= 15 is 0 Å². The average molecular weight is 176 g/mol. The van der Waals surface area contributed by atoms with Crippen molar-refractivity contribution in [2.75, 3.05) is 14.1 Å². The van der Waals surface area contributed by atoms with Gasteiger partial charge in [0.05, 0.1) is 0 Å². The van der Waals surface area contributed by atoms with E-state index in [2.05, 4.69) is 6.07 Å². The van der Waals surface area contributed by atoms with Gasteiger partial charge in [-0.25, -0.2) is 0 Å². The Morgan fingerprint density at radius 3 is 2.77 bits per heavy atom. The maximum atomic E-state index is 11.2. The summed E-state index contributed by atoms with van der Waals surface area (Å²) in [5.41, 5.74) is 1.10. The Bertz CT molecular complexity index is 267. The van der Waals surface area contributed by atoms with Gasteiger partial charge in [-0.2, -0.15) is 0 Å². The lowest BCUT2D eigenvalue weighted by molar-refractivity contribution is -0.128. The topological polar surface area (TPSA) is 20.3 Å². The SMILES string of the molecule is CN(C)C(=O)CCc1[c]cccc1. The number of hydrogen-bond acceptors (Lipinski definition) is 1. The van der Waals surface area contributed by atoms with Crippen molar-refractivity contribution in [3.8, 4) is 0 Å². The van der Waals surface area contributed by atoms with E-state index in [0.717, 1.165) is 12.0 Å². The molecule has 0 unspecified atom stereocenters. The number of aryl methyl sites for hydroxylation is 1. The van der Waals surface area contributed by atoms with E-state index in [1.807, 2.05) is 24.3 Å². The van der Waals surface area contributed by atoms with E-state index in [1.165, 1.54) is 0 Å². The first-order chi connectivity index (χ1) is 6.20. The van der Waals surface area contributed by atoms with Crippen LogP contribution in [-0.2, 0) is 11.2 Å². The van der Waals surface area contributed by atoms with Gasteiger partial charge in [0, 0.05) is 20.5 Å². The van der Waals surface area contributed by atoms with Crippen LogP contribution in [0.25, 0.3) is 0 Å². The second kappa shape index (κ2) is 4.65. The van der Waals surface area contributed by atoms with E-state index in [-0.39, 0.29) is 5.91 Å². The summed E-state index contributed by atoms with van der Waals surface area (Å²) in [6, 6.07) is 10.8. The molecule has 0 aliphatic heterocycles. The van der Waals surface area contributed by atoms with Crippen LogP contribution in [0.1, 0.15) is 12.0 Å². The van der Waals surface area contributed by atoms with E-state index in [9.17, 15) is 4.79 Å².